The van der Waals surface area contributed by atoms with Crippen molar-refractivity contribution >= 4 is 17.7 Å². The van der Waals surface area contributed by atoms with Crippen molar-refractivity contribution in [3.63, 3.8) is 0 Å². The molecular formula is C16H19NO5. The Hall–Kier alpha value is -2.47. The highest BCUT2D eigenvalue weighted by molar-refractivity contribution is 6.03. The van der Waals surface area contributed by atoms with Crippen LogP contribution in [0.1, 0.15) is 25.3 Å². The van der Waals surface area contributed by atoms with Gasteiger partial charge in [-0.2, -0.15) is 0 Å². The van der Waals surface area contributed by atoms with Gasteiger partial charge in [0, 0.05) is 0 Å². The van der Waals surface area contributed by atoms with Gasteiger partial charge in [-0.15, -0.1) is 0 Å². The number of nitrogens with two attached hydrogens (primary N) is 1. The number of benzene rings is 1. The predicted molar refractivity (Wildman–Crippen MR) is 79.8 cm³/mol. The van der Waals surface area contributed by atoms with Gasteiger partial charge in [-0.25, -0.2) is 9.59 Å². The van der Waals surface area contributed by atoms with Crippen molar-refractivity contribution in [1.29, 1.82) is 0 Å². The minimum Gasteiger partial charge on any atom is -0.479 e. The Kier molecular flexibility index (Phi) is 6.47. The number of carboxylic acid groups (broad SMARTS) is 1. The molecule has 0 aliphatic carbocycles. The van der Waals surface area contributed by atoms with E-state index in [0.717, 1.165) is 5.56 Å². The lowest BCUT2D eigenvalue weighted by Crippen LogP contribution is -2.55. The molecule has 1 atom stereocenters. The SMILES string of the molecule is CC(=O)/C=C\CCC(N)(C(=O)O)C(=O)OCc1ccccc1. The zero-order valence-corrected chi connectivity index (χ0v) is 12.3. The van der Waals surface area contributed by atoms with Crippen molar-refractivity contribution in [2.75, 3.05) is 0 Å². The maximum absolute atomic E-state index is 12.0. The van der Waals surface area contributed by atoms with Crippen LogP contribution < -0.4 is 5.73 Å². The first-order chi connectivity index (χ1) is 10.4. The first kappa shape index (κ1) is 17.6. The lowest BCUT2D eigenvalue weighted by Gasteiger charge is -2.22. The average molecular weight is 305 g/mol. The number of esters is 1. The molecule has 6 nitrogen and oxygen atoms in total. The van der Waals surface area contributed by atoms with Crippen LogP contribution in [0.25, 0.3) is 0 Å². The van der Waals surface area contributed by atoms with Crippen molar-refractivity contribution in [2.24, 2.45) is 5.73 Å². The lowest BCUT2D eigenvalue weighted by molar-refractivity contribution is -0.162. The van der Waals surface area contributed by atoms with Gasteiger partial charge in [-0.05, 0) is 31.4 Å². The zero-order valence-electron chi connectivity index (χ0n) is 12.3. The summed E-state index contributed by atoms with van der Waals surface area (Å²) in [7, 11) is 0. The molecule has 6 heteroatoms. The van der Waals surface area contributed by atoms with Crippen LogP contribution in [0, 0.1) is 0 Å². The fraction of sp³-hybridized carbons (Fsp3) is 0.312. The van der Waals surface area contributed by atoms with Gasteiger partial charge in [0.2, 0.25) is 5.54 Å². The van der Waals surface area contributed by atoms with Crippen LogP contribution in [-0.4, -0.2) is 28.4 Å². The van der Waals surface area contributed by atoms with Gasteiger partial charge < -0.3 is 15.6 Å². The topological polar surface area (TPSA) is 107 Å². The Morgan fingerprint density at radius 1 is 1.27 bits per heavy atom. The molecule has 0 spiro atoms. The van der Waals surface area contributed by atoms with E-state index in [-0.39, 0.29) is 25.2 Å². The molecule has 0 aromatic heterocycles. The van der Waals surface area contributed by atoms with E-state index in [9.17, 15) is 19.5 Å². The molecule has 1 aromatic carbocycles. The first-order valence-corrected chi connectivity index (χ1v) is 6.77. The fourth-order valence-electron chi connectivity index (χ4n) is 1.71. The molecule has 0 aliphatic rings. The largest absolute Gasteiger partial charge is 0.479 e. The molecule has 118 valence electrons. The summed E-state index contributed by atoms with van der Waals surface area (Å²) in [5.41, 5.74) is 4.28. The second-order valence-electron chi connectivity index (χ2n) is 4.89. The van der Waals surface area contributed by atoms with Crippen molar-refractivity contribution < 1.29 is 24.2 Å². The number of hydrogen-bond donors (Lipinski definition) is 2. The normalized spacial score (nSPS) is 13.5. The molecule has 3 N–H and O–H groups in total. The van der Waals surface area contributed by atoms with Crippen molar-refractivity contribution in [3.05, 3.63) is 48.0 Å². The molecule has 0 aliphatic heterocycles. The number of allylic oxidation sites excluding steroid dienone is 2. The quantitative estimate of drug-likeness (QED) is 0.427. The number of ketones is 1. The molecule has 0 saturated heterocycles. The fourth-order valence-corrected chi connectivity index (χ4v) is 1.71. The zero-order chi connectivity index (χ0) is 16.6. The van der Waals surface area contributed by atoms with Crippen LogP contribution in [0.4, 0.5) is 0 Å². The highest BCUT2D eigenvalue weighted by Gasteiger charge is 2.43. The molecule has 0 amide bonds. The summed E-state index contributed by atoms with van der Waals surface area (Å²) in [5, 5.41) is 9.19. The number of carbonyl (C=O) groups excluding carboxylic acids is 2. The third-order valence-electron chi connectivity index (χ3n) is 3.02. The Labute approximate surface area is 128 Å². The van der Waals surface area contributed by atoms with Crippen LogP contribution in [0.3, 0.4) is 0 Å². The maximum atomic E-state index is 12.0. The van der Waals surface area contributed by atoms with Crippen LogP contribution in [-0.2, 0) is 25.7 Å². The van der Waals surface area contributed by atoms with Crippen molar-refractivity contribution in [3.8, 4) is 0 Å². The summed E-state index contributed by atoms with van der Waals surface area (Å²) >= 11 is 0. The van der Waals surface area contributed by atoms with Gasteiger partial charge in [0.15, 0.2) is 5.78 Å². The molecule has 0 radical (unpaired) electrons. The van der Waals surface area contributed by atoms with E-state index in [1.54, 1.807) is 24.3 Å². The molecule has 1 rings (SSSR count). The highest BCUT2D eigenvalue weighted by atomic mass is 16.5. The Balaban J connectivity index is 2.65. The van der Waals surface area contributed by atoms with E-state index in [1.807, 2.05) is 6.07 Å². The van der Waals surface area contributed by atoms with Crippen LogP contribution in [0.2, 0.25) is 0 Å². The number of aliphatic carboxylic acids is 1. The summed E-state index contributed by atoms with van der Waals surface area (Å²) in [4.78, 5) is 34.0. The standard InChI is InChI=1S/C16H19NO5/c1-12(18)7-5-6-10-16(17,14(19)20)15(21)22-11-13-8-3-2-4-9-13/h2-5,7-9H,6,10-11,17H2,1H3,(H,19,20)/b7-5-. The Morgan fingerprint density at radius 2 is 1.91 bits per heavy atom. The molecule has 0 fully saturated rings. The molecule has 0 heterocycles. The van der Waals surface area contributed by atoms with E-state index in [4.69, 9.17) is 10.5 Å². The molecule has 1 aromatic rings. The summed E-state index contributed by atoms with van der Waals surface area (Å²) in [6.45, 7) is 1.33. The Morgan fingerprint density at radius 3 is 2.45 bits per heavy atom. The summed E-state index contributed by atoms with van der Waals surface area (Å²) in [5.74, 6) is -2.62. The number of hydrogen-bond acceptors (Lipinski definition) is 5. The van der Waals surface area contributed by atoms with E-state index in [1.165, 1.54) is 19.1 Å². The van der Waals surface area contributed by atoms with E-state index >= 15 is 0 Å². The predicted octanol–water partition coefficient (Wildman–Crippen LogP) is 1.44. The number of carboxylic acids is 1. The van der Waals surface area contributed by atoms with Crippen LogP contribution in [0.15, 0.2) is 42.5 Å². The van der Waals surface area contributed by atoms with Crippen LogP contribution in [0.5, 0.6) is 0 Å². The molecule has 22 heavy (non-hydrogen) atoms. The van der Waals surface area contributed by atoms with Crippen molar-refractivity contribution in [1.82, 2.24) is 0 Å². The second kappa shape index (κ2) is 8.09. The second-order valence-corrected chi connectivity index (χ2v) is 4.89. The summed E-state index contributed by atoms with van der Waals surface area (Å²) in [6, 6.07) is 8.88. The maximum Gasteiger partial charge on any atom is 0.338 e. The lowest BCUT2D eigenvalue weighted by atomic mass is 9.94. The van der Waals surface area contributed by atoms with Gasteiger partial charge in [0.1, 0.15) is 6.61 Å². The average Bonchev–Trinajstić information content (AvgIpc) is 2.49. The number of ether oxygens (including phenoxy) is 1. The monoisotopic (exact) mass is 305 g/mol. The molecule has 1 unspecified atom stereocenters. The van der Waals surface area contributed by atoms with Gasteiger partial charge in [-0.1, -0.05) is 36.4 Å². The van der Waals surface area contributed by atoms with E-state index in [0.29, 0.717) is 0 Å². The number of rotatable bonds is 8. The van der Waals surface area contributed by atoms with Gasteiger partial charge in [0.25, 0.3) is 0 Å². The van der Waals surface area contributed by atoms with Gasteiger partial charge in [0.05, 0.1) is 0 Å². The smallest absolute Gasteiger partial charge is 0.338 e. The highest BCUT2D eigenvalue weighted by Crippen LogP contribution is 2.15. The van der Waals surface area contributed by atoms with Gasteiger partial charge in [-0.3, -0.25) is 4.79 Å². The van der Waals surface area contributed by atoms with Crippen LogP contribution >= 0.6 is 0 Å². The van der Waals surface area contributed by atoms with E-state index < -0.39 is 17.5 Å². The first-order valence-electron chi connectivity index (χ1n) is 6.77. The molecule has 0 saturated carbocycles. The summed E-state index contributed by atoms with van der Waals surface area (Å²) < 4.78 is 5.00. The minimum atomic E-state index is -2.13. The van der Waals surface area contributed by atoms with Gasteiger partial charge >= 0.3 is 11.9 Å². The minimum absolute atomic E-state index is 0.0464. The third-order valence-corrected chi connectivity index (χ3v) is 3.02. The molecule has 0 bridgehead atoms. The Bertz CT molecular complexity index is 567. The summed E-state index contributed by atoms with van der Waals surface area (Å²) in [6.07, 6.45) is 2.82. The third kappa shape index (κ3) is 5.14. The van der Waals surface area contributed by atoms with Crippen molar-refractivity contribution in [2.45, 2.75) is 31.9 Å². The number of carbonyl (C=O) groups is 3. The molecular weight excluding hydrogens is 286 g/mol. The van der Waals surface area contributed by atoms with E-state index in [2.05, 4.69) is 0 Å².